The molecule has 0 saturated heterocycles. The Labute approximate surface area is 181 Å². The molecule has 12 heteroatoms. The summed E-state index contributed by atoms with van der Waals surface area (Å²) < 4.78 is 63.6. The third kappa shape index (κ3) is 5.44. The van der Waals surface area contributed by atoms with Gasteiger partial charge < -0.3 is 15.7 Å². The minimum Gasteiger partial charge on any atom is -0.506 e. The van der Waals surface area contributed by atoms with Crippen molar-refractivity contribution in [1.29, 1.82) is 5.26 Å². The molecule has 0 bridgehead atoms. The standard InChI is InChI=1S/C20H16F3N5O3S/c1-32(30,31)15-4-2-3-12(7-15)10-25-18-16(20(21,22)23)11-26-19(28-18)27-14-6-5-13(9-24)17(29)8-14/h2-8,11,29H,10H2,1H3,(H2,25,26,27,28). The molecule has 32 heavy (non-hydrogen) atoms. The van der Waals surface area contributed by atoms with Gasteiger partial charge in [0.05, 0.1) is 10.5 Å². The van der Waals surface area contributed by atoms with Crippen molar-refractivity contribution in [2.45, 2.75) is 17.6 Å². The minimum absolute atomic E-state index is 0.0302. The van der Waals surface area contributed by atoms with E-state index in [9.17, 15) is 26.7 Å². The number of nitrogens with one attached hydrogen (secondary N) is 2. The maximum absolute atomic E-state index is 13.4. The SMILES string of the molecule is CS(=O)(=O)c1cccc(CNc2nc(Nc3ccc(C#N)c(O)c3)ncc2C(F)(F)F)c1. The molecule has 0 atom stereocenters. The molecule has 0 fully saturated rings. The largest absolute Gasteiger partial charge is 0.506 e. The van der Waals surface area contributed by atoms with E-state index in [0.717, 1.165) is 6.26 Å². The van der Waals surface area contributed by atoms with Crippen molar-refractivity contribution >= 4 is 27.3 Å². The molecule has 0 radical (unpaired) electrons. The van der Waals surface area contributed by atoms with Crippen molar-refractivity contribution in [3.63, 3.8) is 0 Å². The fourth-order valence-corrected chi connectivity index (χ4v) is 3.38. The molecular weight excluding hydrogens is 447 g/mol. The van der Waals surface area contributed by atoms with Gasteiger partial charge in [0, 0.05) is 30.8 Å². The first-order chi connectivity index (χ1) is 15.0. The number of hydrogen-bond donors (Lipinski definition) is 3. The number of phenolic OH excluding ortho intramolecular Hbond substituents is 1. The monoisotopic (exact) mass is 463 g/mol. The van der Waals surface area contributed by atoms with Gasteiger partial charge in [-0.3, -0.25) is 0 Å². The zero-order valence-corrected chi connectivity index (χ0v) is 17.3. The molecule has 3 N–H and O–H groups in total. The summed E-state index contributed by atoms with van der Waals surface area (Å²) in [6, 6.07) is 11.6. The highest BCUT2D eigenvalue weighted by Gasteiger charge is 2.35. The Kier molecular flexibility index (Phi) is 6.22. The molecule has 166 valence electrons. The number of anilines is 3. The Bertz CT molecular complexity index is 1300. The summed E-state index contributed by atoms with van der Waals surface area (Å²) in [7, 11) is -3.47. The van der Waals surface area contributed by atoms with Gasteiger partial charge >= 0.3 is 6.18 Å². The number of nitriles is 1. The Morgan fingerprint density at radius 2 is 1.94 bits per heavy atom. The van der Waals surface area contributed by atoms with Crippen LogP contribution in [0.25, 0.3) is 0 Å². The summed E-state index contributed by atoms with van der Waals surface area (Å²) >= 11 is 0. The summed E-state index contributed by atoms with van der Waals surface area (Å²) in [6.45, 7) is -0.124. The second-order valence-corrected chi connectivity index (χ2v) is 8.71. The second kappa shape index (κ2) is 8.72. The minimum atomic E-state index is -4.73. The number of sulfone groups is 1. The molecule has 0 aliphatic heterocycles. The molecule has 0 spiro atoms. The Morgan fingerprint density at radius 3 is 2.56 bits per heavy atom. The van der Waals surface area contributed by atoms with Crippen molar-refractivity contribution < 1.29 is 26.7 Å². The molecule has 1 aromatic heterocycles. The molecule has 3 rings (SSSR count). The van der Waals surface area contributed by atoms with Crippen molar-refractivity contribution in [3.8, 4) is 11.8 Å². The first-order valence-electron chi connectivity index (χ1n) is 8.94. The first kappa shape index (κ1) is 22.8. The third-order valence-corrected chi connectivity index (χ3v) is 5.37. The van der Waals surface area contributed by atoms with Crippen molar-refractivity contribution in [2.24, 2.45) is 0 Å². The molecule has 0 unspecified atom stereocenters. The molecule has 0 saturated carbocycles. The Hall–Kier alpha value is -3.85. The summed E-state index contributed by atoms with van der Waals surface area (Å²) in [6.07, 6.45) is -3.10. The van der Waals surface area contributed by atoms with Crippen LogP contribution in [0.1, 0.15) is 16.7 Å². The molecular formula is C20H16F3N5O3S. The predicted molar refractivity (Wildman–Crippen MR) is 110 cm³/mol. The summed E-state index contributed by atoms with van der Waals surface area (Å²) in [4.78, 5) is 7.58. The van der Waals surface area contributed by atoms with Gasteiger partial charge in [-0.25, -0.2) is 13.4 Å². The van der Waals surface area contributed by atoms with Gasteiger partial charge in [0.15, 0.2) is 9.84 Å². The van der Waals surface area contributed by atoms with Gasteiger partial charge in [0.2, 0.25) is 5.95 Å². The first-order valence-corrected chi connectivity index (χ1v) is 10.8. The highest BCUT2D eigenvalue weighted by molar-refractivity contribution is 7.90. The number of aromatic hydroxyl groups is 1. The quantitative estimate of drug-likeness (QED) is 0.503. The second-order valence-electron chi connectivity index (χ2n) is 6.70. The number of rotatable bonds is 6. The number of aromatic nitrogens is 2. The number of nitrogens with zero attached hydrogens (tertiary/aromatic N) is 3. The summed E-state index contributed by atoms with van der Waals surface area (Å²) in [5, 5.41) is 23.8. The van der Waals surface area contributed by atoms with E-state index in [1.807, 2.05) is 0 Å². The summed E-state index contributed by atoms with van der Waals surface area (Å²) in [5.41, 5.74) is -0.383. The van der Waals surface area contributed by atoms with Crippen LogP contribution in [0.15, 0.2) is 53.6 Å². The number of hydrogen-bond acceptors (Lipinski definition) is 8. The fraction of sp³-hybridized carbons (Fsp3) is 0.150. The molecule has 0 aliphatic carbocycles. The lowest BCUT2D eigenvalue weighted by atomic mass is 10.2. The molecule has 2 aromatic carbocycles. The van der Waals surface area contributed by atoms with Gasteiger partial charge in [-0.1, -0.05) is 12.1 Å². The van der Waals surface area contributed by atoms with Crippen LogP contribution in [0, 0.1) is 11.3 Å². The van der Waals surface area contributed by atoms with Gasteiger partial charge in [0.25, 0.3) is 0 Å². The van der Waals surface area contributed by atoms with Crippen LogP contribution >= 0.6 is 0 Å². The highest BCUT2D eigenvalue weighted by Crippen LogP contribution is 2.34. The van der Waals surface area contributed by atoms with Crippen LogP contribution < -0.4 is 10.6 Å². The number of halogens is 3. The zero-order valence-electron chi connectivity index (χ0n) is 16.5. The van der Waals surface area contributed by atoms with E-state index in [0.29, 0.717) is 11.8 Å². The van der Waals surface area contributed by atoms with E-state index in [1.54, 1.807) is 12.1 Å². The Morgan fingerprint density at radius 1 is 1.19 bits per heavy atom. The number of alkyl halides is 3. The molecule has 1 heterocycles. The maximum atomic E-state index is 13.4. The van der Waals surface area contributed by atoms with Crippen molar-refractivity contribution in [1.82, 2.24) is 9.97 Å². The van der Waals surface area contributed by atoms with E-state index < -0.39 is 27.4 Å². The highest BCUT2D eigenvalue weighted by atomic mass is 32.2. The van der Waals surface area contributed by atoms with Crippen LogP contribution in [0.3, 0.4) is 0 Å². The van der Waals surface area contributed by atoms with Crippen LogP contribution in [0.2, 0.25) is 0 Å². The van der Waals surface area contributed by atoms with Gasteiger partial charge in [-0.15, -0.1) is 0 Å². The lowest BCUT2D eigenvalue weighted by Crippen LogP contribution is -2.14. The van der Waals surface area contributed by atoms with Gasteiger partial charge in [-0.05, 0) is 29.8 Å². The normalized spacial score (nSPS) is 11.6. The fourth-order valence-electron chi connectivity index (χ4n) is 2.69. The zero-order chi connectivity index (χ0) is 23.5. The third-order valence-electron chi connectivity index (χ3n) is 4.26. The summed E-state index contributed by atoms with van der Waals surface area (Å²) in [5.74, 6) is -1.01. The Balaban J connectivity index is 1.88. The van der Waals surface area contributed by atoms with Crippen LogP contribution in [-0.4, -0.2) is 29.7 Å². The van der Waals surface area contributed by atoms with Gasteiger partial charge in [-0.2, -0.15) is 23.4 Å². The van der Waals surface area contributed by atoms with E-state index in [2.05, 4.69) is 20.6 Å². The molecule has 3 aromatic rings. The van der Waals surface area contributed by atoms with Gasteiger partial charge in [0.1, 0.15) is 23.2 Å². The topological polar surface area (TPSA) is 128 Å². The lowest BCUT2D eigenvalue weighted by molar-refractivity contribution is -0.137. The lowest BCUT2D eigenvalue weighted by Gasteiger charge is -2.15. The maximum Gasteiger partial charge on any atom is 0.421 e. The molecule has 8 nitrogen and oxygen atoms in total. The average Bonchev–Trinajstić information content (AvgIpc) is 2.71. The number of phenols is 1. The van der Waals surface area contributed by atoms with Crippen molar-refractivity contribution in [3.05, 3.63) is 65.4 Å². The average molecular weight is 463 g/mol. The van der Waals surface area contributed by atoms with E-state index in [-0.39, 0.29) is 34.4 Å². The van der Waals surface area contributed by atoms with E-state index in [1.165, 1.54) is 36.4 Å². The van der Waals surface area contributed by atoms with E-state index >= 15 is 0 Å². The molecule has 0 amide bonds. The van der Waals surface area contributed by atoms with E-state index in [4.69, 9.17) is 5.26 Å². The molecule has 0 aliphatic rings. The number of benzene rings is 2. The van der Waals surface area contributed by atoms with Crippen LogP contribution in [0.5, 0.6) is 5.75 Å². The van der Waals surface area contributed by atoms with Crippen LogP contribution in [-0.2, 0) is 22.6 Å². The smallest absolute Gasteiger partial charge is 0.421 e. The van der Waals surface area contributed by atoms with Crippen LogP contribution in [0.4, 0.5) is 30.6 Å². The van der Waals surface area contributed by atoms with Crippen molar-refractivity contribution in [2.75, 3.05) is 16.9 Å². The predicted octanol–water partition coefficient (Wildman–Crippen LogP) is 3.83.